The molecule has 3 N–H and O–H groups in total. The molecule has 0 heterocycles. The minimum Gasteiger partial charge on any atom is -0.479 e. The van der Waals surface area contributed by atoms with Gasteiger partial charge in [-0.2, -0.15) is 0 Å². The number of nitrogens with zero attached hydrogens (tertiary/aromatic N) is 1. The molecule has 2 atom stereocenters. The molecule has 0 aliphatic heterocycles. The summed E-state index contributed by atoms with van der Waals surface area (Å²) in [5.74, 6) is -1.17. The molecule has 1 aromatic carbocycles. The third-order valence-corrected chi connectivity index (χ3v) is 3.52. The summed E-state index contributed by atoms with van der Waals surface area (Å²) in [5.41, 5.74) is 0.350. The van der Waals surface area contributed by atoms with Crippen LogP contribution in [0.5, 0.6) is 0 Å². The lowest BCUT2D eigenvalue weighted by atomic mass is 10.1. The van der Waals surface area contributed by atoms with Crippen molar-refractivity contribution in [3.8, 4) is 0 Å². The summed E-state index contributed by atoms with van der Waals surface area (Å²) in [4.78, 5) is 25.1. The molecule has 7 heteroatoms. The first-order chi connectivity index (χ1) is 9.82. The molecule has 0 fully saturated rings. The van der Waals surface area contributed by atoms with Gasteiger partial charge < -0.3 is 20.6 Å². The second kappa shape index (κ2) is 7.85. The molecular weight excluding hydrogens is 294 g/mol. The summed E-state index contributed by atoms with van der Waals surface area (Å²) >= 11 is 5.97. The van der Waals surface area contributed by atoms with Crippen LogP contribution >= 0.6 is 11.6 Å². The number of nitrogens with one attached hydrogen (secondary N) is 2. The van der Waals surface area contributed by atoms with E-state index in [9.17, 15) is 14.7 Å². The van der Waals surface area contributed by atoms with Crippen molar-refractivity contribution in [3.05, 3.63) is 34.9 Å². The average Bonchev–Trinajstić information content (AvgIpc) is 2.42. The van der Waals surface area contributed by atoms with E-state index in [2.05, 4.69) is 10.6 Å². The molecule has 0 aliphatic rings. The van der Waals surface area contributed by atoms with Crippen molar-refractivity contribution in [2.24, 2.45) is 0 Å². The van der Waals surface area contributed by atoms with Crippen molar-refractivity contribution in [1.82, 2.24) is 15.5 Å². The monoisotopic (exact) mass is 313 g/mol. The van der Waals surface area contributed by atoms with Gasteiger partial charge in [0.05, 0.1) is 0 Å². The fourth-order valence-corrected chi connectivity index (χ4v) is 1.83. The van der Waals surface area contributed by atoms with E-state index in [0.29, 0.717) is 17.1 Å². The lowest BCUT2D eigenvalue weighted by molar-refractivity contribution is -0.139. The highest BCUT2D eigenvalue weighted by molar-refractivity contribution is 6.31. The summed E-state index contributed by atoms with van der Waals surface area (Å²) in [6.07, 6.45) is 0. The van der Waals surface area contributed by atoms with Crippen LogP contribution in [0.25, 0.3) is 0 Å². The summed E-state index contributed by atoms with van der Waals surface area (Å²) in [5, 5.41) is 14.6. The topological polar surface area (TPSA) is 81.7 Å². The minimum absolute atomic E-state index is 0.138. The Bertz CT molecular complexity index is 508. The quantitative estimate of drug-likeness (QED) is 0.747. The van der Waals surface area contributed by atoms with Gasteiger partial charge in [0.25, 0.3) is 0 Å². The van der Waals surface area contributed by atoms with Crippen LogP contribution in [-0.4, -0.2) is 48.7 Å². The van der Waals surface area contributed by atoms with E-state index in [1.54, 1.807) is 24.3 Å². The van der Waals surface area contributed by atoms with Crippen LogP contribution < -0.4 is 10.6 Å². The van der Waals surface area contributed by atoms with Crippen LogP contribution in [0.1, 0.15) is 18.5 Å². The number of carboxylic acids is 1. The van der Waals surface area contributed by atoms with Gasteiger partial charge >= 0.3 is 12.0 Å². The van der Waals surface area contributed by atoms with E-state index < -0.39 is 18.0 Å². The third kappa shape index (κ3) is 5.24. The molecule has 1 aromatic rings. The maximum atomic E-state index is 11.8. The third-order valence-electron chi connectivity index (χ3n) is 3.18. The molecule has 21 heavy (non-hydrogen) atoms. The van der Waals surface area contributed by atoms with Crippen LogP contribution in [0.2, 0.25) is 5.02 Å². The van der Waals surface area contributed by atoms with E-state index in [4.69, 9.17) is 11.6 Å². The summed E-state index contributed by atoms with van der Waals surface area (Å²) < 4.78 is 0. The van der Waals surface area contributed by atoms with Gasteiger partial charge in [-0.25, -0.2) is 9.59 Å². The molecule has 116 valence electrons. The van der Waals surface area contributed by atoms with Gasteiger partial charge in [0, 0.05) is 23.2 Å². The average molecular weight is 314 g/mol. The van der Waals surface area contributed by atoms with Gasteiger partial charge in [-0.3, -0.25) is 0 Å². The summed E-state index contributed by atoms with van der Waals surface area (Å²) in [6, 6.07) is 4.93. The first kappa shape index (κ1) is 17.3. The maximum absolute atomic E-state index is 11.8. The van der Waals surface area contributed by atoms with Crippen molar-refractivity contribution >= 4 is 23.6 Å². The highest BCUT2D eigenvalue weighted by Gasteiger charge is 2.24. The van der Waals surface area contributed by atoms with E-state index >= 15 is 0 Å². The standard InChI is InChI=1S/C14H20ClN3O3/c1-9(18(2)3)8-16-14(21)17-12(13(19)20)10-6-4-5-7-11(10)15/h4-7,9,12H,8H2,1-3H3,(H,19,20)(H2,16,17,21)/t9?,12-/m1/s1. The van der Waals surface area contributed by atoms with Crippen LogP contribution in [0, 0.1) is 0 Å². The van der Waals surface area contributed by atoms with E-state index in [-0.39, 0.29) is 6.04 Å². The number of carbonyl (C=O) groups is 2. The fraction of sp³-hybridized carbons (Fsp3) is 0.429. The van der Waals surface area contributed by atoms with Crippen LogP contribution in [0.3, 0.4) is 0 Å². The number of urea groups is 1. The molecule has 1 unspecified atom stereocenters. The van der Waals surface area contributed by atoms with E-state index in [1.165, 1.54) is 0 Å². The van der Waals surface area contributed by atoms with Gasteiger partial charge in [-0.05, 0) is 27.1 Å². The van der Waals surface area contributed by atoms with Crippen LogP contribution in [-0.2, 0) is 4.79 Å². The van der Waals surface area contributed by atoms with Crippen molar-refractivity contribution in [3.63, 3.8) is 0 Å². The van der Waals surface area contributed by atoms with Crippen molar-refractivity contribution < 1.29 is 14.7 Å². The van der Waals surface area contributed by atoms with E-state index in [1.807, 2.05) is 25.9 Å². The first-order valence-corrected chi connectivity index (χ1v) is 6.88. The number of aliphatic carboxylic acids is 1. The number of amides is 2. The highest BCUT2D eigenvalue weighted by atomic mass is 35.5. The number of hydrogen-bond acceptors (Lipinski definition) is 3. The Labute approximate surface area is 129 Å². The molecule has 0 bridgehead atoms. The normalized spacial score (nSPS) is 13.6. The molecule has 0 radical (unpaired) electrons. The molecule has 1 rings (SSSR count). The molecule has 0 aromatic heterocycles. The molecular formula is C14H20ClN3O3. The highest BCUT2D eigenvalue weighted by Crippen LogP contribution is 2.22. The Hall–Kier alpha value is -1.79. The van der Waals surface area contributed by atoms with Gasteiger partial charge in [0.15, 0.2) is 6.04 Å². The van der Waals surface area contributed by atoms with Crippen molar-refractivity contribution in [2.75, 3.05) is 20.6 Å². The van der Waals surface area contributed by atoms with Gasteiger partial charge in [0.1, 0.15) is 0 Å². The first-order valence-electron chi connectivity index (χ1n) is 6.51. The maximum Gasteiger partial charge on any atom is 0.331 e. The lowest BCUT2D eigenvalue weighted by Gasteiger charge is -2.21. The number of carboxylic acid groups (broad SMARTS) is 1. The Morgan fingerprint density at radius 2 is 1.95 bits per heavy atom. The Balaban J connectivity index is 2.70. The van der Waals surface area contributed by atoms with E-state index in [0.717, 1.165) is 0 Å². The second-order valence-corrected chi connectivity index (χ2v) is 5.37. The van der Waals surface area contributed by atoms with Gasteiger partial charge in [-0.15, -0.1) is 0 Å². The molecule has 6 nitrogen and oxygen atoms in total. The zero-order valence-corrected chi connectivity index (χ0v) is 13.0. The fourth-order valence-electron chi connectivity index (χ4n) is 1.59. The number of hydrogen-bond donors (Lipinski definition) is 3. The Morgan fingerprint density at radius 1 is 1.33 bits per heavy atom. The number of benzene rings is 1. The van der Waals surface area contributed by atoms with Gasteiger partial charge in [-0.1, -0.05) is 29.8 Å². The number of halogens is 1. The predicted octanol–water partition coefficient (Wildman–Crippen LogP) is 1.71. The van der Waals surface area contributed by atoms with Crippen molar-refractivity contribution in [2.45, 2.75) is 19.0 Å². The molecule has 0 aliphatic carbocycles. The zero-order valence-electron chi connectivity index (χ0n) is 12.3. The van der Waals surface area contributed by atoms with Gasteiger partial charge in [0.2, 0.25) is 0 Å². The minimum atomic E-state index is -1.19. The van der Waals surface area contributed by atoms with Crippen LogP contribution in [0.15, 0.2) is 24.3 Å². The number of rotatable bonds is 6. The van der Waals surface area contributed by atoms with Crippen LogP contribution in [0.4, 0.5) is 4.79 Å². The molecule has 2 amide bonds. The SMILES string of the molecule is CC(CNC(=O)N[C@@H](C(=O)O)c1ccccc1Cl)N(C)C. The smallest absolute Gasteiger partial charge is 0.331 e. The Morgan fingerprint density at radius 3 is 2.48 bits per heavy atom. The summed E-state index contributed by atoms with van der Waals surface area (Å²) in [7, 11) is 3.79. The second-order valence-electron chi connectivity index (χ2n) is 4.96. The summed E-state index contributed by atoms with van der Waals surface area (Å²) in [6.45, 7) is 2.36. The molecule has 0 spiro atoms. The predicted molar refractivity (Wildman–Crippen MR) is 81.5 cm³/mol. The Kier molecular flexibility index (Phi) is 6.45. The number of likely N-dealkylation sites (N-methyl/N-ethyl adjacent to an activating group) is 1. The molecule has 0 saturated heterocycles. The molecule has 0 saturated carbocycles. The number of carbonyl (C=O) groups excluding carboxylic acids is 1. The zero-order chi connectivity index (χ0) is 16.0. The lowest BCUT2D eigenvalue weighted by Crippen LogP contribution is -2.45. The largest absolute Gasteiger partial charge is 0.479 e. The van der Waals surface area contributed by atoms with Crippen molar-refractivity contribution in [1.29, 1.82) is 0 Å².